The molecule has 0 saturated carbocycles. The first-order valence-electron chi connectivity index (χ1n) is 6.08. The van der Waals surface area contributed by atoms with Crippen molar-refractivity contribution in [3.05, 3.63) is 34.1 Å². The van der Waals surface area contributed by atoms with Crippen molar-refractivity contribution in [2.45, 2.75) is 19.4 Å². The number of fused-ring (bicyclic) bond motifs is 1. The Labute approximate surface area is 111 Å². The number of hydrogen-bond donors (Lipinski definition) is 2. The van der Waals surface area contributed by atoms with Gasteiger partial charge in [-0.15, -0.1) is 0 Å². The second kappa shape index (κ2) is 5.32. The van der Waals surface area contributed by atoms with Gasteiger partial charge in [0.15, 0.2) is 11.5 Å². The van der Waals surface area contributed by atoms with Gasteiger partial charge in [0.2, 0.25) is 0 Å². The van der Waals surface area contributed by atoms with Gasteiger partial charge in [0.25, 0.3) is 5.56 Å². The predicted molar refractivity (Wildman–Crippen MR) is 75.0 cm³/mol. The van der Waals surface area contributed by atoms with Crippen LogP contribution in [-0.4, -0.2) is 25.2 Å². The smallest absolute Gasteiger partial charge is 0.251 e. The van der Waals surface area contributed by atoms with Gasteiger partial charge >= 0.3 is 0 Å². The van der Waals surface area contributed by atoms with Crippen LogP contribution in [0.4, 0.5) is 0 Å². The first-order valence-corrected chi connectivity index (χ1v) is 6.08. The van der Waals surface area contributed by atoms with E-state index in [9.17, 15) is 4.79 Å². The van der Waals surface area contributed by atoms with Crippen molar-refractivity contribution in [2.75, 3.05) is 14.2 Å². The molecule has 5 heteroatoms. The maximum Gasteiger partial charge on any atom is 0.251 e. The Hall–Kier alpha value is -2.01. The first-order chi connectivity index (χ1) is 9.05. The molecule has 0 aliphatic carbocycles. The standard InChI is InChI=1S/C14H18N2O3/c1-8(15)4-10-5-9-6-12(18-2)13(19-3)7-11(9)16-14(10)17/h5-8H,4,15H2,1-3H3,(H,16,17). The summed E-state index contributed by atoms with van der Waals surface area (Å²) in [6.07, 6.45) is 0.541. The summed E-state index contributed by atoms with van der Waals surface area (Å²) in [6.45, 7) is 1.87. The lowest BCUT2D eigenvalue weighted by molar-refractivity contribution is 0.356. The molecule has 1 heterocycles. The van der Waals surface area contributed by atoms with Crippen molar-refractivity contribution >= 4 is 10.9 Å². The van der Waals surface area contributed by atoms with E-state index in [1.807, 2.05) is 19.1 Å². The van der Waals surface area contributed by atoms with E-state index in [1.165, 1.54) is 0 Å². The van der Waals surface area contributed by atoms with E-state index in [0.717, 1.165) is 10.9 Å². The van der Waals surface area contributed by atoms with Gasteiger partial charge in [0, 0.05) is 23.1 Å². The van der Waals surface area contributed by atoms with Gasteiger partial charge in [-0.05, 0) is 25.5 Å². The summed E-state index contributed by atoms with van der Waals surface area (Å²) in [7, 11) is 3.14. The highest BCUT2D eigenvalue weighted by Gasteiger charge is 2.10. The normalized spacial score (nSPS) is 12.4. The Balaban J connectivity index is 2.62. The summed E-state index contributed by atoms with van der Waals surface area (Å²) in [4.78, 5) is 14.8. The Morgan fingerprint density at radius 2 is 1.84 bits per heavy atom. The van der Waals surface area contributed by atoms with E-state index >= 15 is 0 Å². The molecule has 0 saturated heterocycles. The molecule has 1 aromatic heterocycles. The molecular weight excluding hydrogens is 244 g/mol. The van der Waals surface area contributed by atoms with E-state index in [-0.39, 0.29) is 11.6 Å². The molecule has 0 spiro atoms. The van der Waals surface area contributed by atoms with Gasteiger partial charge in [-0.3, -0.25) is 4.79 Å². The number of nitrogens with two attached hydrogens (primary N) is 1. The monoisotopic (exact) mass is 262 g/mol. The van der Waals surface area contributed by atoms with E-state index in [4.69, 9.17) is 15.2 Å². The highest BCUT2D eigenvalue weighted by molar-refractivity contribution is 5.83. The zero-order chi connectivity index (χ0) is 14.0. The minimum atomic E-state index is -0.114. The van der Waals surface area contributed by atoms with Crippen LogP contribution in [0.1, 0.15) is 12.5 Å². The number of H-pyrrole nitrogens is 1. The van der Waals surface area contributed by atoms with Crippen molar-refractivity contribution in [3.8, 4) is 11.5 Å². The average molecular weight is 262 g/mol. The van der Waals surface area contributed by atoms with E-state index < -0.39 is 0 Å². The lowest BCUT2D eigenvalue weighted by atomic mass is 10.1. The Morgan fingerprint density at radius 1 is 1.21 bits per heavy atom. The third-order valence-corrected chi connectivity index (χ3v) is 2.97. The van der Waals surface area contributed by atoms with Gasteiger partial charge in [0.1, 0.15) is 0 Å². The number of methoxy groups -OCH3 is 2. The Bertz CT molecular complexity index is 647. The van der Waals surface area contributed by atoms with Crippen molar-refractivity contribution in [2.24, 2.45) is 5.73 Å². The molecule has 0 fully saturated rings. The molecule has 0 amide bonds. The number of hydrogen-bond acceptors (Lipinski definition) is 4. The molecule has 1 atom stereocenters. The van der Waals surface area contributed by atoms with E-state index in [2.05, 4.69) is 4.98 Å². The summed E-state index contributed by atoms with van der Waals surface area (Å²) in [6, 6.07) is 5.39. The SMILES string of the molecule is COc1cc2cc(CC(C)N)c(=O)[nH]c2cc1OC. The largest absolute Gasteiger partial charge is 0.493 e. The average Bonchev–Trinajstić information content (AvgIpc) is 2.37. The zero-order valence-corrected chi connectivity index (χ0v) is 11.3. The molecular formula is C14H18N2O3. The van der Waals surface area contributed by atoms with Crippen LogP contribution in [-0.2, 0) is 6.42 Å². The quantitative estimate of drug-likeness (QED) is 0.874. The number of aromatic nitrogens is 1. The van der Waals surface area contributed by atoms with Gasteiger partial charge < -0.3 is 20.2 Å². The Kier molecular flexibility index (Phi) is 3.76. The number of pyridine rings is 1. The summed E-state index contributed by atoms with van der Waals surface area (Å²) < 4.78 is 10.5. The lowest BCUT2D eigenvalue weighted by Gasteiger charge is -2.10. The molecule has 0 bridgehead atoms. The summed E-state index contributed by atoms with van der Waals surface area (Å²) >= 11 is 0. The molecule has 0 radical (unpaired) electrons. The van der Waals surface area contributed by atoms with Crippen LogP contribution in [0.5, 0.6) is 11.5 Å². The first kappa shape index (κ1) is 13.4. The van der Waals surface area contributed by atoms with Gasteiger partial charge in [-0.25, -0.2) is 0 Å². The van der Waals surface area contributed by atoms with Crippen molar-refractivity contribution in [1.82, 2.24) is 4.98 Å². The van der Waals surface area contributed by atoms with Gasteiger partial charge in [-0.1, -0.05) is 0 Å². The molecule has 2 aromatic rings. The molecule has 3 N–H and O–H groups in total. The van der Waals surface area contributed by atoms with Crippen molar-refractivity contribution < 1.29 is 9.47 Å². The van der Waals surface area contributed by atoms with Crippen LogP contribution >= 0.6 is 0 Å². The molecule has 19 heavy (non-hydrogen) atoms. The minimum absolute atomic E-state index is 0.0568. The van der Waals surface area contributed by atoms with E-state index in [1.54, 1.807) is 20.3 Å². The summed E-state index contributed by atoms with van der Waals surface area (Å²) in [5.74, 6) is 1.22. The maximum atomic E-state index is 11.9. The molecule has 2 rings (SSSR count). The van der Waals surface area contributed by atoms with E-state index in [0.29, 0.717) is 23.5 Å². The number of nitrogens with one attached hydrogen (secondary N) is 1. The predicted octanol–water partition coefficient (Wildman–Crippen LogP) is 1.44. The van der Waals surface area contributed by atoms with Crippen LogP contribution in [0.2, 0.25) is 0 Å². The fraction of sp³-hybridized carbons (Fsp3) is 0.357. The molecule has 5 nitrogen and oxygen atoms in total. The number of ether oxygens (including phenoxy) is 2. The fourth-order valence-electron chi connectivity index (χ4n) is 2.08. The summed E-state index contributed by atoms with van der Waals surface area (Å²) in [5.41, 5.74) is 7.02. The number of benzene rings is 1. The van der Waals surface area contributed by atoms with Crippen LogP contribution < -0.4 is 20.8 Å². The van der Waals surface area contributed by atoms with Gasteiger partial charge in [-0.2, -0.15) is 0 Å². The minimum Gasteiger partial charge on any atom is -0.493 e. The number of aromatic amines is 1. The molecule has 102 valence electrons. The third kappa shape index (κ3) is 2.71. The molecule has 0 aliphatic heterocycles. The highest BCUT2D eigenvalue weighted by atomic mass is 16.5. The third-order valence-electron chi connectivity index (χ3n) is 2.97. The zero-order valence-electron chi connectivity index (χ0n) is 11.3. The Morgan fingerprint density at radius 3 is 2.42 bits per heavy atom. The number of rotatable bonds is 4. The van der Waals surface area contributed by atoms with Crippen LogP contribution in [0.3, 0.4) is 0 Å². The summed E-state index contributed by atoms with van der Waals surface area (Å²) in [5, 5.41) is 0.896. The molecule has 1 unspecified atom stereocenters. The lowest BCUT2D eigenvalue weighted by Crippen LogP contribution is -2.23. The second-order valence-electron chi connectivity index (χ2n) is 4.60. The molecule has 0 aliphatic rings. The van der Waals surface area contributed by atoms with Crippen molar-refractivity contribution in [1.29, 1.82) is 0 Å². The maximum absolute atomic E-state index is 11.9. The van der Waals surface area contributed by atoms with Crippen LogP contribution in [0.25, 0.3) is 10.9 Å². The fourth-order valence-corrected chi connectivity index (χ4v) is 2.08. The van der Waals surface area contributed by atoms with Crippen LogP contribution in [0.15, 0.2) is 23.0 Å². The highest BCUT2D eigenvalue weighted by Crippen LogP contribution is 2.31. The van der Waals surface area contributed by atoms with Crippen LogP contribution in [0, 0.1) is 0 Å². The molecule has 1 aromatic carbocycles. The van der Waals surface area contributed by atoms with Gasteiger partial charge in [0.05, 0.1) is 19.7 Å². The second-order valence-corrected chi connectivity index (χ2v) is 4.60. The van der Waals surface area contributed by atoms with Crippen molar-refractivity contribution in [3.63, 3.8) is 0 Å². The topological polar surface area (TPSA) is 77.3 Å².